The number of terminal acetylenes is 1. The van der Waals surface area contributed by atoms with Crippen LogP contribution in [0.1, 0.15) is 26.2 Å². The van der Waals surface area contributed by atoms with Crippen LogP contribution in [0.25, 0.3) is 0 Å². The highest BCUT2D eigenvalue weighted by Gasteiger charge is 2.17. The zero-order valence-corrected chi connectivity index (χ0v) is 7.35. The lowest BCUT2D eigenvalue weighted by Crippen LogP contribution is -2.28. The molecule has 0 aliphatic rings. The first-order chi connectivity index (χ1) is 5.12. The SMILES string of the molecule is C#CCCC(C)(O)CCNC. The Balaban J connectivity index is 3.54. The molecule has 2 N–H and O–H groups in total. The number of nitrogens with one attached hydrogen (secondary N) is 1. The van der Waals surface area contributed by atoms with Crippen molar-refractivity contribution in [2.24, 2.45) is 0 Å². The van der Waals surface area contributed by atoms with Gasteiger partial charge < -0.3 is 10.4 Å². The summed E-state index contributed by atoms with van der Waals surface area (Å²) < 4.78 is 0. The van der Waals surface area contributed by atoms with E-state index >= 15 is 0 Å². The molecule has 11 heavy (non-hydrogen) atoms. The van der Waals surface area contributed by atoms with Gasteiger partial charge in [0, 0.05) is 6.42 Å². The van der Waals surface area contributed by atoms with Crippen LogP contribution in [-0.2, 0) is 0 Å². The van der Waals surface area contributed by atoms with E-state index < -0.39 is 5.60 Å². The number of hydrogen-bond donors (Lipinski definition) is 2. The Labute approximate surface area is 69.0 Å². The highest BCUT2D eigenvalue weighted by Crippen LogP contribution is 2.14. The lowest BCUT2D eigenvalue weighted by atomic mass is 9.96. The third-order valence-corrected chi connectivity index (χ3v) is 1.72. The van der Waals surface area contributed by atoms with Crippen LogP contribution < -0.4 is 5.32 Å². The Morgan fingerprint density at radius 2 is 2.18 bits per heavy atom. The second kappa shape index (κ2) is 5.17. The molecule has 0 saturated heterocycles. The molecule has 0 rings (SSSR count). The predicted molar refractivity (Wildman–Crippen MR) is 47.2 cm³/mol. The molecular formula is C9H17NO. The molecule has 0 amide bonds. The summed E-state index contributed by atoms with van der Waals surface area (Å²) >= 11 is 0. The van der Waals surface area contributed by atoms with Gasteiger partial charge in [-0.3, -0.25) is 0 Å². The van der Waals surface area contributed by atoms with Crippen LogP contribution in [0.4, 0.5) is 0 Å². The summed E-state index contributed by atoms with van der Waals surface area (Å²) in [5.41, 5.74) is -0.602. The summed E-state index contributed by atoms with van der Waals surface area (Å²) in [6.45, 7) is 2.65. The first kappa shape index (κ1) is 10.5. The Hall–Kier alpha value is -0.520. The maximum absolute atomic E-state index is 9.64. The lowest BCUT2D eigenvalue weighted by Gasteiger charge is -2.21. The summed E-state index contributed by atoms with van der Waals surface area (Å²) in [7, 11) is 1.87. The minimum absolute atomic E-state index is 0.602. The molecule has 0 radical (unpaired) electrons. The molecule has 2 nitrogen and oxygen atoms in total. The molecule has 0 bridgehead atoms. The van der Waals surface area contributed by atoms with Crippen LogP contribution >= 0.6 is 0 Å². The molecule has 0 aromatic rings. The van der Waals surface area contributed by atoms with Crippen molar-refractivity contribution in [2.75, 3.05) is 13.6 Å². The molecule has 1 unspecified atom stereocenters. The van der Waals surface area contributed by atoms with Gasteiger partial charge in [0.05, 0.1) is 5.60 Å². The lowest BCUT2D eigenvalue weighted by molar-refractivity contribution is 0.0443. The average molecular weight is 155 g/mol. The second-order valence-corrected chi connectivity index (χ2v) is 3.05. The van der Waals surface area contributed by atoms with Gasteiger partial charge in [0.1, 0.15) is 0 Å². The van der Waals surface area contributed by atoms with Crippen LogP contribution in [-0.4, -0.2) is 24.3 Å². The zero-order chi connectivity index (χ0) is 8.74. The van der Waals surface area contributed by atoms with Crippen LogP contribution in [0, 0.1) is 12.3 Å². The Morgan fingerprint density at radius 1 is 1.55 bits per heavy atom. The van der Waals surface area contributed by atoms with Crippen molar-refractivity contribution in [2.45, 2.75) is 31.8 Å². The van der Waals surface area contributed by atoms with Crippen molar-refractivity contribution in [1.29, 1.82) is 0 Å². The van der Waals surface area contributed by atoms with Crippen LogP contribution in [0.15, 0.2) is 0 Å². The average Bonchev–Trinajstić information content (AvgIpc) is 1.97. The Kier molecular flexibility index (Phi) is 4.93. The molecule has 1 atom stereocenters. The molecule has 64 valence electrons. The monoisotopic (exact) mass is 155 g/mol. The first-order valence-electron chi connectivity index (χ1n) is 3.93. The van der Waals surface area contributed by atoms with Crippen molar-refractivity contribution >= 4 is 0 Å². The van der Waals surface area contributed by atoms with Crippen LogP contribution in [0.2, 0.25) is 0 Å². The molecule has 0 aliphatic carbocycles. The van der Waals surface area contributed by atoms with Gasteiger partial charge in [-0.2, -0.15) is 0 Å². The Bertz CT molecular complexity index is 135. The van der Waals surface area contributed by atoms with E-state index in [1.54, 1.807) is 0 Å². The zero-order valence-electron chi connectivity index (χ0n) is 7.35. The van der Waals surface area contributed by atoms with E-state index in [9.17, 15) is 5.11 Å². The van der Waals surface area contributed by atoms with E-state index in [0.29, 0.717) is 12.8 Å². The fourth-order valence-electron chi connectivity index (χ4n) is 0.861. The fraction of sp³-hybridized carbons (Fsp3) is 0.778. The van der Waals surface area contributed by atoms with E-state index in [-0.39, 0.29) is 0 Å². The maximum atomic E-state index is 9.64. The molecule has 0 aliphatic heterocycles. The number of aliphatic hydroxyl groups is 1. The van der Waals surface area contributed by atoms with Gasteiger partial charge in [0.15, 0.2) is 0 Å². The van der Waals surface area contributed by atoms with E-state index in [4.69, 9.17) is 6.42 Å². The molecule has 0 fully saturated rings. The van der Waals surface area contributed by atoms with Gasteiger partial charge >= 0.3 is 0 Å². The van der Waals surface area contributed by atoms with Crippen molar-refractivity contribution in [3.8, 4) is 12.3 Å². The van der Waals surface area contributed by atoms with E-state index in [0.717, 1.165) is 13.0 Å². The van der Waals surface area contributed by atoms with Crippen molar-refractivity contribution in [3.63, 3.8) is 0 Å². The topological polar surface area (TPSA) is 32.3 Å². The van der Waals surface area contributed by atoms with Gasteiger partial charge in [0.25, 0.3) is 0 Å². The quantitative estimate of drug-likeness (QED) is 0.574. The van der Waals surface area contributed by atoms with Crippen molar-refractivity contribution in [3.05, 3.63) is 0 Å². The highest BCUT2D eigenvalue weighted by atomic mass is 16.3. The number of hydrogen-bond acceptors (Lipinski definition) is 2. The van der Waals surface area contributed by atoms with Crippen LogP contribution in [0.3, 0.4) is 0 Å². The van der Waals surface area contributed by atoms with Crippen molar-refractivity contribution in [1.82, 2.24) is 5.32 Å². The minimum Gasteiger partial charge on any atom is -0.390 e. The van der Waals surface area contributed by atoms with Gasteiger partial charge in [-0.1, -0.05) is 0 Å². The van der Waals surface area contributed by atoms with Gasteiger partial charge in [-0.15, -0.1) is 12.3 Å². The normalized spacial score (nSPS) is 15.5. The van der Waals surface area contributed by atoms with Gasteiger partial charge in [0.2, 0.25) is 0 Å². The highest BCUT2D eigenvalue weighted by molar-refractivity contribution is 4.87. The Morgan fingerprint density at radius 3 is 2.64 bits per heavy atom. The third kappa shape index (κ3) is 5.90. The predicted octanol–water partition coefficient (Wildman–Crippen LogP) is 0.760. The summed E-state index contributed by atoms with van der Waals surface area (Å²) in [6.07, 6.45) is 7.18. The van der Waals surface area contributed by atoms with Gasteiger partial charge in [-0.05, 0) is 33.4 Å². The largest absolute Gasteiger partial charge is 0.390 e. The molecule has 0 saturated carbocycles. The van der Waals surface area contributed by atoms with Gasteiger partial charge in [-0.25, -0.2) is 0 Å². The molecule has 0 spiro atoms. The third-order valence-electron chi connectivity index (χ3n) is 1.72. The summed E-state index contributed by atoms with van der Waals surface area (Å²) in [5.74, 6) is 2.52. The fourth-order valence-corrected chi connectivity index (χ4v) is 0.861. The van der Waals surface area contributed by atoms with E-state index in [2.05, 4.69) is 11.2 Å². The molecule has 0 aromatic heterocycles. The standard InChI is InChI=1S/C9H17NO/c1-4-5-6-9(2,11)7-8-10-3/h1,10-11H,5-8H2,2-3H3. The maximum Gasteiger partial charge on any atom is 0.0641 e. The van der Waals surface area contributed by atoms with Crippen molar-refractivity contribution < 1.29 is 5.11 Å². The number of rotatable bonds is 5. The van der Waals surface area contributed by atoms with Crippen LogP contribution in [0.5, 0.6) is 0 Å². The molecular weight excluding hydrogens is 138 g/mol. The molecule has 2 heteroatoms. The molecule has 0 aromatic carbocycles. The van der Waals surface area contributed by atoms with E-state index in [1.165, 1.54) is 0 Å². The molecule has 0 heterocycles. The second-order valence-electron chi connectivity index (χ2n) is 3.05. The summed E-state index contributed by atoms with van der Waals surface area (Å²) in [6, 6.07) is 0. The minimum atomic E-state index is -0.602. The smallest absolute Gasteiger partial charge is 0.0641 e. The summed E-state index contributed by atoms with van der Waals surface area (Å²) in [4.78, 5) is 0. The first-order valence-corrected chi connectivity index (χ1v) is 3.93. The summed E-state index contributed by atoms with van der Waals surface area (Å²) in [5, 5.41) is 12.6. The van der Waals surface area contributed by atoms with E-state index in [1.807, 2.05) is 14.0 Å².